The number of sulfonamides is 1. The van der Waals surface area contributed by atoms with Crippen molar-refractivity contribution < 1.29 is 27.5 Å². The number of anilines is 2. The van der Waals surface area contributed by atoms with Crippen molar-refractivity contribution >= 4 is 44.0 Å². The second-order valence-corrected chi connectivity index (χ2v) is 11.1. The van der Waals surface area contributed by atoms with E-state index in [-0.39, 0.29) is 17.4 Å². The topological polar surface area (TPSA) is 127 Å². The number of morpholine rings is 1. The van der Waals surface area contributed by atoms with Crippen molar-refractivity contribution in [2.24, 2.45) is 0 Å². The van der Waals surface area contributed by atoms with Crippen LogP contribution in [0.2, 0.25) is 0 Å². The molecule has 2 N–H and O–H groups in total. The van der Waals surface area contributed by atoms with Gasteiger partial charge in [-0.1, -0.05) is 0 Å². The average molecular weight is 515 g/mol. The van der Waals surface area contributed by atoms with E-state index in [1.807, 2.05) is 13.0 Å². The molecular formula is C23H22N4O6S2. The molecule has 2 amide bonds. The molecule has 3 aromatic rings. The predicted molar refractivity (Wildman–Crippen MR) is 130 cm³/mol. The predicted octanol–water partition coefficient (Wildman–Crippen LogP) is 2.72. The molecule has 1 fully saturated rings. The molecule has 0 radical (unpaired) electrons. The van der Waals surface area contributed by atoms with Crippen LogP contribution in [-0.4, -0.2) is 62.4 Å². The third kappa shape index (κ3) is 4.78. The SMILES string of the molecule is Cc1sc(NC(=O)c2ccc(S(=O)(=O)N3CCOCC3)cc2)nc1-c1ccc2c(c1)NC(=O)CO2. The maximum absolute atomic E-state index is 12.8. The number of nitrogens with zero attached hydrogens (tertiary/aromatic N) is 2. The van der Waals surface area contributed by atoms with E-state index in [0.29, 0.717) is 54.1 Å². The van der Waals surface area contributed by atoms with Crippen LogP contribution < -0.4 is 15.4 Å². The number of thiazole rings is 1. The van der Waals surface area contributed by atoms with Crippen LogP contribution in [0.5, 0.6) is 5.75 Å². The normalized spacial score (nSPS) is 16.2. The van der Waals surface area contributed by atoms with Gasteiger partial charge in [-0.05, 0) is 49.4 Å². The van der Waals surface area contributed by atoms with Crippen LogP contribution in [0.15, 0.2) is 47.4 Å². The summed E-state index contributed by atoms with van der Waals surface area (Å²) in [6.45, 7) is 3.21. The van der Waals surface area contributed by atoms with Gasteiger partial charge in [0.25, 0.3) is 11.8 Å². The molecule has 0 saturated carbocycles. The largest absolute Gasteiger partial charge is 0.482 e. The summed E-state index contributed by atoms with van der Waals surface area (Å²) in [6, 6.07) is 11.2. The molecule has 0 spiro atoms. The summed E-state index contributed by atoms with van der Waals surface area (Å²) in [6.07, 6.45) is 0. The Balaban J connectivity index is 1.31. The summed E-state index contributed by atoms with van der Waals surface area (Å²) in [5, 5.41) is 5.96. The number of benzene rings is 2. The molecule has 0 aliphatic carbocycles. The maximum atomic E-state index is 12.8. The quantitative estimate of drug-likeness (QED) is 0.536. The highest BCUT2D eigenvalue weighted by Gasteiger charge is 2.26. The molecule has 1 aromatic heterocycles. The number of carbonyl (C=O) groups excluding carboxylic acids is 2. The van der Waals surface area contributed by atoms with Crippen LogP contribution in [0.4, 0.5) is 10.8 Å². The van der Waals surface area contributed by atoms with Gasteiger partial charge in [0.15, 0.2) is 11.7 Å². The summed E-state index contributed by atoms with van der Waals surface area (Å²) in [5.74, 6) is -0.0260. The van der Waals surface area contributed by atoms with Crippen LogP contribution >= 0.6 is 11.3 Å². The zero-order valence-electron chi connectivity index (χ0n) is 18.7. The summed E-state index contributed by atoms with van der Waals surface area (Å²) < 4.78 is 37.5. The number of hydrogen-bond donors (Lipinski definition) is 2. The fourth-order valence-corrected chi connectivity index (χ4v) is 6.07. The summed E-state index contributed by atoms with van der Waals surface area (Å²) in [7, 11) is -3.63. The minimum atomic E-state index is -3.63. The van der Waals surface area contributed by atoms with Gasteiger partial charge < -0.3 is 14.8 Å². The van der Waals surface area contributed by atoms with Crippen LogP contribution in [0, 0.1) is 6.92 Å². The number of ether oxygens (including phenoxy) is 2. The first-order chi connectivity index (χ1) is 16.8. The standard InChI is InChI=1S/C23H22N4O6S2/c1-14-21(16-4-7-19-18(12-16)24-20(28)13-33-19)25-23(34-14)26-22(29)15-2-5-17(6-3-15)35(30,31)27-8-10-32-11-9-27/h2-7,12H,8-11,13H2,1H3,(H,24,28)(H,25,26,29). The van der Waals surface area contributed by atoms with E-state index >= 15 is 0 Å². The van der Waals surface area contributed by atoms with Gasteiger partial charge in [0.2, 0.25) is 10.0 Å². The van der Waals surface area contributed by atoms with Crippen molar-refractivity contribution in [1.82, 2.24) is 9.29 Å². The van der Waals surface area contributed by atoms with Gasteiger partial charge in [-0.25, -0.2) is 13.4 Å². The van der Waals surface area contributed by atoms with Crippen LogP contribution in [0.1, 0.15) is 15.2 Å². The van der Waals surface area contributed by atoms with E-state index in [1.54, 1.807) is 12.1 Å². The Morgan fingerprint density at radius 3 is 2.63 bits per heavy atom. The van der Waals surface area contributed by atoms with Crippen LogP contribution in [0.3, 0.4) is 0 Å². The number of carbonyl (C=O) groups is 2. The van der Waals surface area contributed by atoms with Gasteiger partial charge in [-0.3, -0.25) is 14.9 Å². The molecule has 0 unspecified atom stereocenters. The van der Waals surface area contributed by atoms with Crippen molar-refractivity contribution in [2.75, 3.05) is 43.5 Å². The number of amides is 2. The van der Waals surface area contributed by atoms with Gasteiger partial charge in [0.1, 0.15) is 5.75 Å². The summed E-state index contributed by atoms with van der Waals surface area (Å²) >= 11 is 1.32. The Morgan fingerprint density at radius 2 is 1.89 bits per heavy atom. The van der Waals surface area contributed by atoms with Crippen molar-refractivity contribution in [2.45, 2.75) is 11.8 Å². The minimum Gasteiger partial charge on any atom is -0.482 e. The number of aromatic nitrogens is 1. The lowest BCUT2D eigenvalue weighted by Gasteiger charge is -2.26. The Bertz CT molecular complexity index is 1400. The highest BCUT2D eigenvalue weighted by atomic mass is 32.2. The van der Waals surface area contributed by atoms with Crippen molar-refractivity contribution in [1.29, 1.82) is 0 Å². The molecule has 2 aromatic carbocycles. The molecule has 2 aliphatic rings. The van der Waals surface area contributed by atoms with E-state index in [4.69, 9.17) is 9.47 Å². The summed E-state index contributed by atoms with van der Waals surface area (Å²) in [4.78, 5) is 30.0. The number of nitrogens with one attached hydrogen (secondary N) is 2. The Hall–Kier alpha value is -3.32. The number of hydrogen-bond acceptors (Lipinski definition) is 8. The van der Waals surface area contributed by atoms with Gasteiger partial charge in [0.05, 0.1) is 29.5 Å². The van der Waals surface area contributed by atoms with Crippen molar-refractivity contribution in [3.05, 3.63) is 52.9 Å². The second-order valence-electron chi connectivity index (χ2n) is 7.97. The Kier molecular flexibility index (Phi) is 6.28. The molecule has 12 heteroatoms. The fraction of sp³-hybridized carbons (Fsp3) is 0.261. The molecule has 0 bridgehead atoms. The minimum absolute atomic E-state index is 0.0155. The number of rotatable bonds is 5. The maximum Gasteiger partial charge on any atom is 0.262 e. The lowest BCUT2D eigenvalue weighted by molar-refractivity contribution is -0.118. The molecular weight excluding hydrogens is 492 g/mol. The number of aryl methyl sites for hydroxylation is 1. The molecule has 182 valence electrons. The highest BCUT2D eigenvalue weighted by Crippen LogP contribution is 2.36. The summed E-state index contributed by atoms with van der Waals surface area (Å²) in [5.41, 5.74) is 2.35. The first-order valence-electron chi connectivity index (χ1n) is 10.8. The van der Waals surface area contributed by atoms with Gasteiger partial charge in [0, 0.05) is 29.1 Å². The van der Waals surface area contributed by atoms with Gasteiger partial charge >= 0.3 is 0 Å². The Morgan fingerprint density at radius 1 is 1.14 bits per heavy atom. The smallest absolute Gasteiger partial charge is 0.262 e. The second kappa shape index (κ2) is 9.38. The van der Waals surface area contributed by atoms with Gasteiger partial charge in [-0.15, -0.1) is 11.3 Å². The van der Waals surface area contributed by atoms with E-state index in [0.717, 1.165) is 10.4 Å². The molecule has 5 rings (SSSR count). The zero-order valence-corrected chi connectivity index (χ0v) is 20.4. The molecule has 3 heterocycles. The van der Waals surface area contributed by atoms with E-state index in [2.05, 4.69) is 15.6 Å². The first-order valence-corrected chi connectivity index (χ1v) is 13.1. The fourth-order valence-electron chi connectivity index (χ4n) is 3.83. The third-order valence-electron chi connectivity index (χ3n) is 5.63. The lowest BCUT2D eigenvalue weighted by atomic mass is 10.1. The number of fused-ring (bicyclic) bond motifs is 1. The highest BCUT2D eigenvalue weighted by molar-refractivity contribution is 7.89. The molecule has 10 nitrogen and oxygen atoms in total. The van der Waals surface area contributed by atoms with E-state index in [1.165, 1.54) is 39.9 Å². The average Bonchev–Trinajstić information content (AvgIpc) is 3.23. The molecule has 1 saturated heterocycles. The monoisotopic (exact) mass is 514 g/mol. The van der Waals surface area contributed by atoms with Crippen molar-refractivity contribution in [3.8, 4) is 17.0 Å². The zero-order chi connectivity index (χ0) is 24.6. The molecule has 0 atom stereocenters. The first kappa shape index (κ1) is 23.4. The van der Waals surface area contributed by atoms with Crippen molar-refractivity contribution in [3.63, 3.8) is 0 Å². The van der Waals surface area contributed by atoms with Gasteiger partial charge in [-0.2, -0.15) is 4.31 Å². The van der Waals surface area contributed by atoms with E-state index in [9.17, 15) is 18.0 Å². The molecule has 35 heavy (non-hydrogen) atoms. The molecule has 2 aliphatic heterocycles. The van der Waals surface area contributed by atoms with Crippen LogP contribution in [0.25, 0.3) is 11.3 Å². The van der Waals surface area contributed by atoms with E-state index < -0.39 is 15.9 Å². The Labute approximate surface area is 205 Å². The third-order valence-corrected chi connectivity index (χ3v) is 8.43. The van der Waals surface area contributed by atoms with Crippen LogP contribution in [-0.2, 0) is 19.6 Å². The lowest BCUT2D eigenvalue weighted by Crippen LogP contribution is -2.40.